The smallest absolute Gasteiger partial charge is 0.264 e. The second-order valence-corrected chi connectivity index (χ2v) is 9.29. The molecule has 4 rings (SSSR count). The number of rotatable bonds is 7. The van der Waals surface area contributed by atoms with Crippen molar-refractivity contribution >= 4 is 11.6 Å². The van der Waals surface area contributed by atoms with Gasteiger partial charge in [0.25, 0.3) is 6.43 Å². The molecule has 8 heteroatoms. The Bertz CT molecular complexity index is 1110. The molecule has 1 atom stereocenters. The van der Waals surface area contributed by atoms with Gasteiger partial charge in [0.15, 0.2) is 0 Å². The third kappa shape index (κ3) is 5.39. The average Bonchev–Trinajstić information content (AvgIpc) is 2.84. The SMILES string of the molecule is Cc1cc(Nc2cc(C(F)F)ccn2)nc(-c2ccc(C(C)(O)C3CCC(CO)CC3)nc2)c1. The summed E-state index contributed by atoms with van der Waals surface area (Å²) in [5, 5.41) is 23.6. The molecule has 3 aromatic rings. The highest BCUT2D eigenvalue weighted by Gasteiger charge is 2.37. The van der Waals surface area contributed by atoms with Crippen LogP contribution in [-0.4, -0.2) is 31.8 Å². The van der Waals surface area contributed by atoms with E-state index in [1.807, 2.05) is 38.1 Å². The Balaban J connectivity index is 1.52. The minimum atomic E-state index is -2.57. The van der Waals surface area contributed by atoms with E-state index in [1.54, 1.807) is 6.20 Å². The van der Waals surface area contributed by atoms with Gasteiger partial charge in [-0.25, -0.2) is 18.7 Å². The van der Waals surface area contributed by atoms with Crippen LogP contribution in [0.2, 0.25) is 0 Å². The van der Waals surface area contributed by atoms with Crippen LogP contribution in [0.25, 0.3) is 11.3 Å². The van der Waals surface area contributed by atoms with Crippen molar-refractivity contribution in [1.82, 2.24) is 15.0 Å². The Kier molecular flexibility index (Phi) is 7.19. The van der Waals surface area contributed by atoms with Gasteiger partial charge in [0.1, 0.15) is 17.2 Å². The zero-order valence-electron chi connectivity index (χ0n) is 19.4. The molecule has 1 fully saturated rings. The zero-order chi connectivity index (χ0) is 24.3. The number of alkyl halides is 2. The number of aliphatic hydroxyl groups excluding tert-OH is 1. The lowest BCUT2D eigenvalue weighted by Gasteiger charge is -2.37. The number of hydrogen-bond donors (Lipinski definition) is 3. The second-order valence-electron chi connectivity index (χ2n) is 9.29. The third-order valence-corrected chi connectivity index (χ3v) is 6.74. The van der Waals surface area contributed by atoms with E-state index in [1.165, 1.54) is 18.3 Å². The lowest BCUT2D eigenvalue weighted by Crippen LogP contribution is -2.36. The number of nitrogens with zero attached hydrogens (tertiary/aromatic N) is 3. The molecular formula is C26H30F2N4O2. The van der Waals surface area contributed by atoms with Gasteiger partial charge in [-0.3, -0.25) is 4.98 Å². The summed E-state index contributed by atoms with van der Waals surface area (Å²) in [7, 11) is 0. The number of aromatic nitrogens is 3. The molecule has 1 unspecified atom stereocenters. The average molecular weight is 469 g/mol. The van der Waals surface area contributed by atoms with Crippen LogP contribution in [-0.2, 0) is 5.60 Å². The van der Waals surface area contributed by atoms with Crippen LogP contribution >= 0.6 is 0 Å². The normalized spacial score (nSPS) is 20.2. The van der Waals surface area contributed by atoms with Crippen molar-refractivity contribution in [3.05, 3.63) is 65.6 Å². The Labute approximate surface area is 198 Å². The topological polar surface area (TPSA) is 91.2 Å². The van der Waals surface area contributed by atoms with E-state index in [0.717, 1.165) is 36.8 Å². The molecule has 0 spiro atoms. The highest BCUT2D eigenvalue weighted by atomic mass is 19.3. The molecule has 3 heterocycles. The fourth-order valence-electron chi connectivity index (χ4n) is 4.62. The Morgan fingerprint density at radius 2 is 1.82 bits per heavy atom. The van der Waals surface area contributed by atoms with Crippen molar-refractivity contribution in [3.8, 4) is 11.3 Å². The van der Waals surface area contributed by atoms with Crippen LogP contribution in [0.5, 0.6) is 0 Å². The number of pyridine rings is 3. The quantitative estimate of drug-likeness (QED) is 0.422. The third-order valence-electron chi connectivity index (χ3n) is 6.74. The predicted octanol–water partition coefficient (Wildman–Crippen LogP) is 5.53. The van der Waals surface area contributed by atoms with Crippen LogP contribution in [0.3, 0.4) is 0 Å². The van der Waals surface area contributed by atoms with E-state index < -0.39 is 12.0 Å². The highest BCUT2D eigenvalue weighted by molar-refractivity contribution is 5.64. The first-order valence-electron chi connectivity index (χ1n) is 11.6. The van der Waals surface area contributed by atoms with Gasteiger partial charge >= 0.3 is 0 Å². The minimum absolute atomic E-state index is 0.0954. The molecule has 6 nitrogen and oxygen atoms in total. The maximum atomic E-state index is 13.0. The van der Waals surface area contributed by atoms with Crippen molar-refractivity contribution in [2.75, 3.05) is 11.9 Å². The van der Waals surface area contributed by atoms with Crippen molar-refractivity contribution < 1.29 is 19.0 Å². The first kappa shape index (κ1) is 24.2. The maximum Gasteiger partial charge on any atom is 0.264 e. The van der Waals surface area contributed by atoms with E-state index in [-0.39, 0.29) is 18.1 Å². The lowest BCUT2D eigenvalue weighted by atomic mass is 9.73. The second kappa shape index (κ2) is 10.1. The van der Waals surface area contributed by atoms with Crippen molar-refractivity contribution in [3.63, 3.8) is 0 Å². The summed E-state index contributed by atoms with van der Waals surface area (Å²) in [4.78, 5) is 13.3. The largest absolute Gasteiger partial charge is 0.396 e. The molecule has 0 radical (unpaired) electrons. The van der Waals surface area contributed by atoms with Crippen LogP contribution < -0.4 is 5.32 Å². The van der Waals surface area contributed by atoms with Gasteiger partial charge < -0.3 is 15.5 Å². The predicted molar refractivity (Wildman–Crippen MR) is 127 cm³/mol. The molecule has 1 aliphatic carbocycles. The number of hydrogen-bond acceptors (Lipinski definition) is 6. The summed E-state index contributed by atoms with van der Waals surface area (Å²) in [5.41, 5.74) is 1.85. The van der Waals surface area contributed by atoms with Gasteiger partial charge in [0.05, 0.1) is 11.4 Å². The molecular weight excluding hydrogens is 438 g/mol. The standard InChI is InChI=1S/C26H30F2N4O2/c1-16-11-21(31-24(12-16)32-23-13-18(25(27)28)9-10-29-23)19-5-8-22(30-14-19)26(2,34)20-6-3-17(15-33)4-7-20/h5,8-14,17,20,25,33-34H,3-4,6-7,15H2,1-2H3,(H,29,31,32). The summed E-state index contributed by atoms with van der Waals surface area (Å²) < 4.78 is 26.0. The molecule has 0 aliphatic heterocycles. The van der Waals surface area contributed by atoms with Crippen LogP contribution in [0.4, 0.5) is 20.4 Å². The van der Waals surface area contributed by atoms with Crippen molar-refractivity contribution in [2.45, 2.75) is 51.6 Å². The molecule has 0 aromatic carbocycles. The van der Waals surface area contributed by atoms with Gasteiger partial charge in [0, 0.05) is 30.1 Å². The van der Waals surface area contributed by atoms with Gasteiger partial charge in [-0.05, 0) is 93.3 Å². The zero-order valence-corrected chi connectivity index (χ0v) is 19.4. The number of aryl methyl sites for hydroxylation is 1. The monoisotopic (exact) mass is 468 g/mol. The Morgan fingerprint density at radius 1 is 1.06 bits per heavy atom. The van der Waals surface area contributed by atoms with Gasteiger partial charge in [0.2, 0.25) is 0 Å². The number of aliphatic hydroxyl groups is 2. The molecule has 34 heavy (non-hydrogen) atoms. The molecule has 3 aromatic heterocycles. The molecule has 1 aliphatic rings. The Morgan fingerprint density at radius 3 is 2.47 bits per heavy atom. The molecule has 0 saturated heterocycles. The van der Waals surface area contributed by atoms with Gasteiger partial charge in [-0.1, -0.05) is 0 Å². The fraction of sp³-hybridized carbons (Fsp3) is 0.423. The first-order valence-corrected chi connectivity index (χ1v) is 11.6. The van der Waals surface area contributed by atoms with E-state index in [2.05, 4.69) is 20.3 Å². The van der Waals surface area contributed by atoms with E-state index in [0.29, 0.717) is 28.9 Å². The van der Waals surface area contributed by atoms with Crippen LogP contribution in [0.1, 0.15) is 55.9 Å². The molecule has 3 N–H and O–H groups in total. The number of halogens is 2. The minimum Gasteiger partial charge on any atom is -0.396 e. The summed E-state index contributed by atoms with van der Waals surface area (Å²) in [6, 6.07) is 10.0. The summed E-state index contributed by atoms with van der Waals surface area (Å²) in [5.74, 6) is 1.21. The van der Waals surface area contributed by atoms with Crippen LogP contribution in [0, 0.1) is 18.8 Å². The summed E-state index contributed by atoms with van der Waals surface area (Å²) in [6.45, 7) is 3.94. The van der Waals surface area contributed by atoms with E-state index in [9.17, 15) is 19.0 Å². The van der Waals surface area contributed by atoms with E-state index >= 15 is 0 Å². The van der Waals surface area contributed by atoms with Gasteiger partial charge in [-0.2, -0.15) is 0 Å². The van der Waals surface area contributed by atoms with Crippen molar-refractivity contribution in [1.29, 1.82) is 0 Å². The molecule has 1 saturated carbocycles. The number of anilines is 2. The fourth-order valence-corrected chi connectivity index (χ4v) is 4.62. The molecule has 180 valence electrons. The Hall–Kier alpha value is -2.97. The summed E-state index contributed by atoms with van der Waals surface area (Å²) in [6.07, 6.45) is 4.00. The molecule has 0 amide bonds. The first-order chi connectivity index (χ1) is 16.3. The maximum absolute atomic E-state index is 13.0. The van der Waals surface area contributed by atoms with Crippen LogP contribution in [0.15, 0.2) is 48.8 Å². The van der Waals surface area contributed by atoms with E-state index in [4.69, 9.17) is 0 Å². The highest BCUT2D eigenvalue weighted by Crippen LogP contribution is 2.40. The van der Waals surface area contributed by atoms with Crippen molar-refractivity contribution in [2.24, 2.45) is 11.8 Å². The lowest BCUT2D eigenvalue weighted by molar-refractivity contribution is -0.0340. The summed E-state index contributed by atoms with van der Waals surface area (Å²) >= 11 is 0. The van der Waals surface area contributed by atoms with Gasteiger partial charge in [-0.15, -0.1) is 0 Å². The molecule has 0 bridgehead atoms. The number of nitrogens with one attached hydrogen (secondary N) is 1.